The molecule has 1 aromatic carbocycles. The summed E-state index contributed by atoms with van der Waals surface area (Å²) in [5.74, 6) is 1.05. The van der Waals surface area contributed by atoms with Crippen molar-refractivity contribution >= 4 is 13.6 Å². The first-order valence-corrected chi connectivity index (χ1v) is 7.69. The lowest BCUT2D eigenvalue weighted by Gasteiger charge is -2.31. The maximum Gasteiger partial charge on any atom is 0.293 e. The average molecular weight is 281 g/mol. The van der Waals surface area contributed by atoms with E-state index in [1.807, 2.05) is 6.07 Å². The Bertz CT molecular complexity index is 528. The van der Waals surface area contributed by atoms with Crippen LogP contribution < -0.4 is 0 Å². The molecule has 21 heavy (non-hydrogen) atoms. The Labute approximate surface area is 128 Å². The molecule has 3 nitrogen and oxygen atoms in total. The summed E-state index contributed by atoms with van der Waals surface area (Å²) in [6, 6.07) is 8.61. The highest BCUT2D eigenvalue weighted by molar-refractivity contribution is 6.64. The fourth-order valence-electron chi connectivity index (χ4n) is 3.10. The largest absolute Gasteiger partial charge is 0.340 e. The molecule has 1 heterocycles. The number of carbonyl (C=O) groups is 1. The van der Waals surface area contributed by atoms with Gasteiger partial charge in [-0.15, -0.1) is 0 Å². The van der Waals surface area contributed by atoms with E-state index >= 15 is 0 Å². The summed E-state index contributed by atoms with van der Waals surface area (Å²) < 4.78 is 0. The van der Waals surface area contributed by atoms with Crippen molar-refractivity contribution in [3.63, 3.8) is 0 Å². The van der Waals surface area contributed by atoms with Gasteiger partial charge in [0, 0.05) is 0 Å². The summed E-state index contributed by atoms with van der Waals surface area (Å²) in [5.41, 5.74) is 3.32. The van der Waals surface area contributed by atoms with Crippen LogP contribution in [0.5, 0.6) is 0 Å². The maximum absolute atomic E-state index is 10.5. The third-order valence-corrected chi connectivity index (χ3v) is 4.12. The van der Waals surface area contributed by atoms with Gasteiger partial charge in [-0.3, -0.25) is 0 Å². The zero-order chi connectivity index (χ0) is 15.2. The zero-order valence-corrected chi connectivity index (χ0v) is 12.9. The third-order valence-electron chi connectivity index (χ3n) is 4.12. The summed E-state index contributed by atoms with van der Waals surface area (Å²) in [6.45, 7) is 6.21. The molecule has 0 bridgehead atoms. The Morgan fingerprint density at radius 2 is 2.14 bits per heavy atom. The summed E-state index contributed by atoms with van der Waals surface area (Å²) in [5, 5.41) is 9.35. The van der Waals surface area contributed by atoms with E-state index in [0.717, 1.165) is 44.1 Å². The zero-order valence-electron chi connectivity index (χ0n) is 12.9. The van der Waals surface area contributed by atoms with Gasteiger partial charge in [-0.2, -0.15) is 5.26 Å². The summed E-state index contributed by atoms with van der Waals surface area (Å²) >= 11 is 0. The van der Waals surface area contributed by atoms with E-state index < -0.39 is 0 Å². The molecule has 1 aliphatic heterocycles. The number of nitrogens with zero attached hydrogens (tertiary/aromatic N) is 2. The van der Waals surface area contributed by atoms with Crippen molar-refractivity contribution in [2.24, 2.45) is 5.92 Å². The molecule has 1 fully saturated rings. The molecule has 0 spiro atoms. The summed E-state index contributed by atoms with van der Waals surface area (Å²) in [7, 11) is 1.62. The maximum atomic E-state index is 10.5. The van der Waals surface area contributed by atoms with Crippen molar-refractivity contribution in [2.75, 3.05) is 13.1 Å². The normalized spacial score (nSPS) is 16.7. The van der Waals surface area contributed by atoms with Crippen LogP contribution in [0.15, 0.2) is 18.2 Å². The molecule has 1 radical (unpaired) electrons. The molecule has 0 amide bonds. The summed E-state index contributed by atoms with van der Waals surface area (Å²) in [6.07, 6.45) is 3.91. The van der Waals surface area contributed by atoms with Crippen molar-refractivity contribution < 1.29 is 4.79 Å². The van der Waals surface area contributed by atoms with E-state index in [1.165, 1.54) is 11.1 Å². The molecule has 1 aromatic rings. The molecular formula is C17H22BN2O. The van der Waals surface area contributed by atoms with Crippen molar-refractivity contribution in [1.29, 1.82) is 5.26 Å². The van der Waals surface area contributed by atoms with Crippen molar-refractivity contribution in [1.82, 2.24) is 4.81 Å². The lowest BCUT2D eigenvalue weighted by molar-refractivity contribution is 0.331. The number of hydrogen-bond acceptors (Lipinski definition) is 3. The molecule has 0 aliphatic carbocycles. The number of nitriles is 1. The monoisotopic (exact) mass is 281 g/mol. The van der Waals surface area contributed by atoms with E-state index in [-0.39, 0.29) is 0 Å². The Hall–Kier alpha value is -1.60. The highest BCUT2D eigenvalue weighted by Gasteiger charge is 2.23. The van der Waals surface area contributed by atoms with Gasteiger partial charge in [0.25, 0.3) is 7.41 Å². The molecular weight excluding hydrogens is 259 g/mol. The molecule has 4 heteroatoms. The minimum absolute atomic E-state index is 0.433. The third kappa shape index (κ3) is 4.18. The van der Waals surface area contributed by atoms with Gasteiger partial charge in [-0.25, -0.2) is 0 Å². The highest BCUT2D eigenvalue weighted by atomic mass is 16.1. The van der Waals surface area contributed by atoms with Crippen LogP contribution in [0, 0.1) is 17.2 Å². The first kappa shape index (κ1) is 15.8. The molecule has 109 valence electrons. The van der Waals surface area contributed by atoms with Crippen LogP contribution in [-0.2, 0) is 11.2 Å². The van der Waals surface area contributed by atoms with Gasteiger partial charge in [0.05, 0.1) is 17.8 Å². The standard InChI is InChI=1S/C17H22BN2O/c1-13(2)9-14-3-4-16(11-19)17(10-14)15-5-7-20(8-6-15)18-12-21/h3-4,10,12-13,15H,5-9H2,1-2H3. The van der Waals surface area contributed by atoms with Crippen LogP contribution in [-0.4, -0.2) is 31.5 Å². The molecule has 1 saturated heterocycles. The van der Waals surface area contributed by atoms with E-state index in [4.69, 9.17) is 0 Å². The van der Waals surface area contributed by atoms with Crippen LogP contribution in [0.4, 0.5) is 0 Å². The van der Waals surface area contributed by atoms with Crippen LogP contribution in [0.3, 0.4) is 0 Å². The molecule has 1 aliphatic rings. The second-order valence-corrected chi connectivity index (χ2v) is 6.23. The Balaban J connectivity index is 2.14. The quantitative estimate of drug-likeness (QED) is 0.615. The van der Waals surface area contributed by atoms with Crippen molar-refractivity contribution in [2.45, 2.75) is 39.0 Å². The fourth-order valence-corrected chi connectivity index (χ4v) is 3.10. The molecule has 2 rings (SSSR count). The smallest absolute Gasteiger partial charge is 0.293 e. The van der Waals surface area contributed by atoms with E-state index in [9.17, 15) is 10.1 Å². The molecule has 0 unspecified atom stereocenters. The predicted octanol–water partition coefficient (Wildman–Crippen LogP) is 2.75. The van der Waals surface area contributed by atoms with Gasteiger partial charge in [-0.05, 0) is 61.4 Å². The van der Waals surface area contributed by atoms with E-state index in [0.29, 0.717) is 11.8 Å². The minimum atomic E-state index is 0.433. The Kier molecular flexibility index (Phi) is 5.58. The summed E-state index contributed by atoms with van der Waals surface area (Å²) in [4.78, 5) is 12.6. The van der Waals surface area contributed by atoms with Gasteiger partial charge >= 0.3 is 0 Å². The van der Waals surface area contributed by atoms with Crippen molar-refractivity contribution in [3.8, 4) is 6.07 Å². The highest BCUT2D eigenvalue weighted by Crippen LogP contribution is 2.31. The van der Waals surface area contributed by atoms with Gasteiger partial charge in [-0.1, -0.05) is 26.0 Å². The lowest BCUT2D eigenvalue weighted by Crippen LogP contribution is -2.36. The Morgan fingerprint density at radius 3 is 2.71 bits per heavy atom. The predicted molar refractivity (Wildman–Crippen MR) is 85.8 cm³/mol. The number of rotatable bonds is 5. The number of benzene rings is 1. The minimum Gasteiger partial charge on any atom is -0.340 e. The lowest BCUT2D eigenvalue weighted by atomic mass is 9.81. The molecule has 0 saturated carbocycles. The topological polar surface area (TPSA) is 44.1 Å². The molecule has 0 N–H and O–H groups in total. The van der Waals surface area contributed by atoms with Gasteiger partial charge in [0.2, 0.25) is 0 Å². The van der Waals surface area contributed by atoms with E-state index in [2.05, 4.69) is 36.9 Å². The van der Waals surface area contributed by atoms with Gasteiger partial charge in [0.1, 0.15) is 0 Å². The van der Waals surface area contributed by atoms with Crippen LogP contribution in [0.25, 0.3) is 0 Å². The number of piperidine rings is 1. The van der Waals surface area contributed by atoms with Crippen molar-refractivity contribution in [3.05, 3.63) is 34.9 Å². The molecule has 0 aromatic heterocycles. The average Bonchev–Trinajstić information content (AvgIpc) is 2.48. The first-order valence-electron chi connectivity index (χ1n) is 7.69. The number of carbonyl (C=O) groups excluding carboxylic acids is 1. The van der Waals surface area contributed by atoms with Crippen LogP contribution in [0.2, 0.25) is 0 Å². The second kappa shape index (κ2) is 7.42. The van der Waals surface area contributed by atoms with Gasteiger partial charge < -0.3 is 9.61 Å². The SMILES string of the molecule is CC(C)Cc1ccc(C#N)c(C2CCN([B]C=O)CC2)c1. The Morgan fingerprint density at radius 1 is 1.43 bits per heavy atom. The number of hydrogen-bond donors (Lipinski definition) is 0. The van der Waals surface area contributed by atoms with Crippen LogP contribution >= 0.6 is 0 Å². The first-order chi connectivity index (χ1) is 10.1. The van der Waals surface area contributed by atoms with E-state index in [1.54, 1.807) is 7.41 Å². The molecule has 0 atom stereocenters. The van der Waals surface area contributed by atoms with Gasteiger partial charge in [0.15, 0.2) is 0 Å². The van der Waals surface area contributed by atoms with Crippen LogP contribution in [0.1, 0.15) is 49.3 Å². The second-order valence-electron chi connectivity index (χ2n) is 6.23. The fraction of sp³-hybridized carbons (Fsp3) is 0.529.